The lowest BCUT2D eigenvalue weighted by Gasteiger charge is -2.29. The quantitative estimate of drug-likeness (QED) is 0.916. The van der Waals surface area contributed by atoms with Crippen molar-refractivity contribution in [3.05, 3.63) is 12.0 Å². The van der Waals surface area contributed by atoms with Crippen LogP contribution >= 0.6 is 0 Å². The van der Waals surface area contributed by atoms with Crippen LogP contribution in [0.1, 0.15) is 59.6 Å². The molecular formula is C17H31N3O. The Labute approximate surface area is 129 Å². The predicted molar refractivity (Wildman–Crippen MR) is 87.5 cm³/mol. The molecule has 0 spiro atoms. The van der Waals surface area contributed by atoms with Crippen LogP contribution in [0.15, 0.2) is 10.7 Å². The van der Waals surface area contributed by atoms with Crippen molar-refractivity contribution in [3.63, 3.8) is 0 Å². The third-order valence-electron chi connectivity index (χ3n) is 4.45. The van der Waals surface area contributed by atoms with Gasteiger partial charge in [0, 0.05) is 25.7 Å². The molecule has 1 N–H and O–H groups in total. The van der Waals surface area contributed by atoms with Crippen molar-refractivity contribution in [1.29, 1.82) is 0 Å². The van der Waals surface area contributed by atoms with Crippen molar-refractivity contribution in [2.75, 3.05) is 18.0 Å². The molecule has 2 heterocycles. The van der Waals surface area contributed by atoms with E-state index in [4.69, 9.17) is 4.42 Å². The topological polar surface area (TPSA) is 41.3 Å². The standard InChI is InChI=1S/C17H31N3O/c1-13(2)18-11-15-12-21-16(19-15)20-9-6-7-14(8-10-20)17(3,4)5/h12-14,18H,6-11H2,1-5H3. The molecule has 0 aliphatic carbocycles. The molecule has 0 saturated carbocycles. The van der Waals surface area contributed by atoms with Crippen LogP contribution in [0.4, 0.5) is 6.01 Å². The highest BCUT2D eigenvalue weighted by molar-refractivity contribution is 5.27. The van der Waals surface area contributed by atoms with Gasteiger partial charge >= 0.3 is 0 Å². The van der Waals surface area contributed by atoms with Gasteiger partial charge in [-0.25, -0.2) is 0 Å². The second-order valence-corrected chi connectivity index (χ2v) is 7.64. The average Bonchev–Trinajstić information content (AvgIpc) is 2.70. The Bertz CT molecular complexity index is 433. The summed E-state index contributed by atoms with van der Waals surface area (Å²) in [5.74, 6) is 0.791. The van der Waals surface area contributed by atoms with Gasteiger partial charge in [-0.3, -0.25) is 0 Å². The first-order valence-corrected chi connectivity index (χ1v) is 8.29. The first-order valence-electron chi connectivity index (χ1n) is 8.29. The first kappa shape index (κ1) is 16.3. The molecular weight excluding hydrogens is 262 g/mol. The summed E-state index contributed by atoms with van der Waals surface area (Å²) in [7, 11) is 0. The normalized spacial score (nSPS) is 20.9. The van der Waals surface area contributed by atoms with Gasteiger partial charge in [-0.1, -0.05) is 34.6 Å². The lowest BCUT2D eigenvalue weighted by molar-refractivity contribution is 0.220. The van der Waals surface area contributed by atoms with E-state index >= 15 is 0 Å². The number of aromatic nitrogens is 1. The Hall–Kier alpha value is -1.03. The van der Waals surface area contributed by atoms with Gasteiger partial charge in [0.05, 0.1) is 5.69 Å². The molecule has 0 amide bonds. The second-order valence-electron chi connectivity index (χ2n) is 7.64. The third-order valence-corrected chi connectivity index (χ3v) is 4.45. The molecule has 1 unspecified atom stereocenters. The Morgan fingerprint density at radius 1 is 1.33 bits per heavy atom. The van der Waals surface area contributed by atoms with Crippen molar-refractivity contribution in [2.24, 2.45) is 11.3 Å². The van der Waals surface area contributed by atoms with Gasteiger partial charge in [0.2, 0.25) is 0 Å². The molecule has 120 valence electrons. The minimum absolute atomic E-state index is 0.402. The number of hydrogen-bond donors (Lipinski definition) is 1. The maximum absolute atomic E-state index is 5.69. The third kappa shape index (κ3) is 4.73. The van der Waals surface area contributed by atoms with Crippen LogP contribution in [0.5, 0.6) is 0 Å². The van der Waals surface area contributed by atoms with Gasteiger partial charge in [0.15, 0.2) is 0 Å². The van der Waals surface area contributed by atoms with Gasteiger partial charge in [-0.15, -0.1) is 0 Å². The monoisotopic (exact) mass is 293 g/mol. The summed E-state index contributed by atoms with van der Waals surface area (Å²) in [6.45, 7) is 14.2. The lowest BCUT2D eigenvalue weighted by atomic mass is 9.77. The molecule has 1 aliphatic heterocycles. The fourth-order valence-electron chi connectivity index (χ4n) is 2.99. The van der Waals surface area contributed by atoms with Crippen molar-refractivity contribution >= 4 is 6.01 Å². The van der Waals surface area contributed by atoms with E-state index in [9.17, 15) is 0 Å². The predicted octanol–water partition coefficient (Wildman–Crippen LogP) is 3.83. The average molecular weight is 293 g/mol. The van der Waals surface area contributed by atoms with Crippen LogP contribution in [-0.4, -0.2) is 24.1 Å². The lowest BCUT2D eigenvalue weighted by Crippen LogP contribution is -2.26. The fourth-order valence-corrected chi connectivity index (χ4v) is 2.99. The number of hydrogen-bond acceptors (Lipinski definition) is 4. The molecule has 0 bridgehead atoms. The van der Waals surface area contributed by atoms with Crippen LogP contribution in [0, 0.1) is 11.3 Å². The Morgan fingerprint density at radius 3 is 2.76 bits per heavy atom. The van der Waals surface area contributed by atoms with Gasteiger partial charge < -0.3 is 14.6 Å². The van der Waals surface area contributed by atoms with Crippen LogP contribution in [0.2, 0.25) is 0 Å². The van der Waals surface area contributed by atoms with Gasteiger partial charge in [-0.05, 0) is 30.6 Å². The summed E-state index contributed by atoms with van der Waals surface area (Å²) in [6.07, 6.45) is 5.55. The summed E-state index contributed by atoms with van der Waals surface area (Å²) < 4.78 is 5.69. The fraction of sp³-hybridized carbons (Fsp3) is 0.824. The summed E-state index contributed by atoms with van der Waals surface area (Å²) in [6, 6.07) is 1.26. The van der Waals surface area contributed by atoms with Crippen LogP contribution in [0.3, 0.4) is 0 Å². The molecule has 1 aromatic heterocycles. The van der Waals surface area contributed by atoms with E-state index in [1.807, 2.05) is 0 Å². The van der Waals surface area contributed by atoms with Crippen LogP contribution < -0.4 is 10.2 Å². The Balaban J connectivity index is 1.93. The van der Waals surface area contributed by atoms with E-state index in [1.165, 1.54) is 19.3 Å². The van der Waals surface area contributed by atoms with Gasteiger partial charge in [0.1, 0.15) is 6.26 Å². The molecule has 1 fully saturated rings. The molecule has 1 aliphatic rings. The zero-order chi connectivity index (χ0) is 15.5. The second kappa shape index (κ2) is 6.82. The van der Waals surface area contributed by atoms with E-state index in [-0.39, 0.29) is 0 Å². The van der Waals surface area contributed by atoms with Gasteiger partial charge in [0.25, 0.3) is 6.01 Å². The molecule has 1 atom stereocenters. The highest BCUT2D eigenvalue weighted by Crippen LogP contribution is 2.35. The number of nitrogens with one attached hydrogen (secondary N) is 1. The zero-order valence-corrected chi connectivity index (χ0v) is 14.3. The van der Waals surface area contributed by atoms with Crippen molar-refractivity contribution in [2.45, 2.75) is 66.5 Å². The summed E-state index contributed by atoms with van der Waals surface area (Å²) in [5, 5.41) is 3.38. The highest BCUT2D eigenvalue weighted by Gasteiger charge is 2.28. The van der Waals surface area contributed by atoms with E-state index in [0.717, 1.165) is 37.3 Å². The summed E-state index contributed by atoms with van der Waals surface area (Å²) in [5.41, 5.74) is 1.40. The number of nitrogens with zero attached hydrogens (tertiary/aromatic N) is 2. The first-order chi connectivity index (χ1) is 9.86. The largest absolute Gasteiger partial charge is 0.432 e. The molecule has 1 saturated heterocycles. The minimum Gasteiger partial charge on any atom is -0.432 e. The molecule has 0 aromatic carbocycles. The number of rotatable bonds is 4. The SMILES string of the molecule is CC(C)NCc1coc(N2CCCC(C(C)(C)C)CC2)n1. The molecule has 1 aromatic rings. The zero-order valence-electron chi connectivity index (χ0n) is 14.3. The summed E-state index contributed by atoms with van der Waals surface area (Å²) >= 11 is 0. The maximum Gasteiger partial charge on any atom is 0.297 e. The maximum atomic E-state index is 5.69. The van der Waals surface area contributed by atoms with E-state index in [0.29, 0.717) is 11.5 Å². The smallest absolute Gasteiger partial charge is 0.297 e. The van der Waals surface area contributed by atoms with Gasteiger partial charge in [-0.2, -0.15) is 4.98 Å². The van der Waals surface area contributed by atoms with Crippen molar-refractivity contribution in [3.8, 4) is 0 Å². The van der Waals surface area contributed by atoms with E-state index in [2.05, 4.69) is 49.8 Å². The highest BCUT2D eigenvalue weighted by atomic mass is 16.4. The number of anilines is 1. The minimum atomic E-state index is 0.402. The molecule has 2 rings (SSSR count). The number of oxazole rings is 1. The molecule has 0 radical (unpaired) electrons. The summed E-state index contributed by atoms with van der Waals surface area (Å²) in [4.78, 5) is 6.94. The van der Waals surface area contributed by atoms with Crippen molar-refractivity contribution < 1.29 is 4.42 Å². The Morgan fingerprint density at radius 2 is 2.10 bits per heavy atom. The van der Waals surface area contributed by atoms with E-state index in [1.54, 1.807) is 6.26 Å². The molecule has 4 heteroatoms. The van der Waals surface area contributed by atoms with Crippen molar-refractivity contribution in [1.82, 2.24) is 10.3 Å². The van der Waals surface area contributed by atoms with Crippen LogP contribution in [-0.2, 0) is 6.54 Å². The van der Waals surface area contributed by atoms with Crippen LogP contribution in [0.25, 0.3) is 0 Å². The molecule has 21 heavy (non-hydrogen) atoms. The molecule has 4 nitrogen and oxygen atoms in total. The Kier molecular flexibility index (Phi) is 5.31. The van der Waals surface area contributed by atoms with E-state index < -0.39 is 0 Å².